The number of anilines is 1. The normalized spacial score (nSPS) is 15.8. The summed E-state index contributed by atoms with van der Waals surface area (Å²) < 4.78 is 0. The van der Waals surface area contributed by atoms with Crippen LogP contribution in [0.2, 0.25) is 0 Å². The van der Waals surface area contributed by atoms with E-state index in [0.29, 0.717) is 5.92 Å². The Balaban J connectivity index is 1.69. The smallest absolute Gasteiger partial charge is 0.254 e. The summed E-state index contributed by atoms with van der Waals surface area (Å²) in [6.45, 7) is 7.46. The average Bonchev–Trinajstić information content (AvgIpc) is 2.99. The van der Waals surface area contributed by atoms with Crippen molar-refractivity contribution in [3.63, 3.8) is 0 Å². The Morgan fingerprint density at radius 3 is 2.83 bits per heavy atom. The van der Waals surface area contributed by atoms with Crippen LogP contribution in [0, 0.1) is 0 Å². The van der Waals surface area contributed by atoms with Gasteiger partial charge in [-0.3, -0.25) is 4.79 Å². The molecule has 1 fully saturated rings. The number of hydrogen-bond acceptors (Lipinski definition) is 5. The number of carbonyl (C=O) groups is 1. The summed E-state index contributed by atoms with van der Waals surface area (Å²) in [6, 6.07) is 3.86. The molecule has 5 nitrogen and oxygen atoms in total. The molecule has 3 rings (SSSR count). The Hall–Kier alpha value is -1.95. The lowest BCUT2D eigenvalue weighted by Crippen LogP contribution is -2.35. The summed E-state index contributed by atoms with van der Waals surface area (Å²) >= 11 is 1.56. The molecule has 0 N–H and O–H groups in total. The maximum absolute atomic E-state index is 12.5. The third-order valence-corrected chi connectivity index (χ3v) is 4.73. The van der Waals surface area contributed by atoms with Crippen molar-refractivity contribution in [2.45, 2.75) is 26.2 Å². The van der Waals surface area contributed by atoms with Gasteiger partial charge in [-0.2, -0.15) is 11.3 Å². The minimum atomic E-state index is 0.138. The molecule has 0 radical (unpaired) electrons. The highest BCUT2D eigenvalue weighted by molar-refractivity contribution is 7.08. The van der Waals surface area contributed by atoms with Gasteiger partial charge >= 0.3 is 0 Å². The van der Waals surface area contributed by atoms with E-state index in [-0.39, 0.29) is 5.91 Å². The molecule has 1 aliphatic rings. The Bertz CT molecular complexity index is 656. The molecule has 122 valence electrons. The van der Waals surface area contributed by atoms with Gasteiger partial charge in [0.05, 0.1) is 5.56 Å². The molecule has 1 amide bonds. The summed E-state index contributed by atoms with van der Waals surface area (Å²) in [4.78, 5) is 25.7. The lowest BCUT2D eigenvalue weighted by molar-refractivity contribution is 0.0767. The van der Waals surface area contributed by atoms with Gasteiger partial charge in [-0.25, -0.2) is 9.97 Å². The third-order valence-electron chi connectivity index (χ3n) is 4.05. The van der Waals surface area contributed by atoms with Crippen LogP contribution in [-0.4, -0.2) is 47.0 Å². The summed E-state index contributed by atoms with van der Waals surface area (Å²) in [5.41, 5.74) is 0.799. The predicted molar refractivity (Wildman–Crippen MR) is 93.2 cm³/mol. The Morgan fingerprint density at radius 1 is 1.22 bits per heavy atom. The van der Waals surface area contributed by atoms with Crippen LogP contribution in [0.1, 0.15) is 42.4 Å². The molecule has 3 heterocycles. The minimum Gasteiger partial charge on any atom is -0.355 e. The van der Waals surface area contributed by atoms with Gasteiger partial charge in [-0.15, -0.1) is 0 Å². The van der Waals surface area contributed by atoms with Gasteiger partial charge in [-0.05, 0) is 23.9 Å². The van der Waals surface area contributed by atoms with Gasteiger partial charge in [0.1, 0.15) is 11.6 Å². The zero-order chi connectivity index (χ0) is 16.2. The van der Waals surface area contributed by atoms with Crippen LogP contribution >= 0.6 is 11.3 Å². The number of carbonyl (C=O) groups excluding carboxylic acids is 1. The van der Waals surface area contributed by atoms with E-state index < -0.39 is 0 Å². The van der Waals surface area contributed by atoms with E-state index >= 15 is 0 Å². The van der Waals surface area contributed by atoms with Crippen LogP contribution < -0.4 is 4.90 Å². The molecule has 0 aliphatic carbocycles. The van der Waals surface area contributed by atoms with Crippen LogP contribution in [-0.2, 0) is 0 Å². The van der Waals surface area contributed by atoms with E-state index in [1.807, 2.05) is 34.0 Å². The summed E-state index contributed by atoms with van der Waals surface area (Å²) in [6.07, 6.45) is 2.79. The van der Waals surface area contributed by atoms with Crippen molar-refractivity contribution in [1.82, 2.24) is 14.9 Å². The fraction of sp³-hybridized carbons (Fsp3) is 0.471. The maximum atomic E-state index is 12.5. The second kappa shape index (κ2) is 7.08. The van der Waals surface area contributed by atoms with Gasteiger partial charge in [-0.1, -0.05) is 13.8 Å². The second-order valence-corrected chi connectivity index (χ2v) is 6.85. The standard InChI is InChI=1S/C17H22N4OS/c1-13(2)16-18-6-4-15(19-16)20-7-3-8-21(10-9-20)17(22)14-5-11-23-12-14/h4-6,11-13H,3,7-10H2,1-2H3. The quantitative estimate of drug-likeness (QED) is 0.868. The van der Waals surface area contributed by atoms with Crippen LogP contribution in [0.25, 0.3) is 0 Å². The monoisotopic (exact) mass is 330 g/mol. The number of aromatic nitrogens is 2. The summed E-state index contributed by atoms with van der Waals surface area (Å²) in [5.74, 6) is 2.30. The molecule has 1 aliphatic heterocycles. The predicted octanol–water partition coefficient (Wildman–Crippen LogP) is 3.01. The van der Waals surface area contributed by atoms with Gasteiger partial charge in [0.2, 0.25) is 0 Å². The number of thiophene rings is 1. The SMILES string of the molecule is CC(C)c1nccc(N2CCCN(C(=O)c3ccsc3)CC2)n1. The molecule has 23 heavy (non-hydrogen) atoms. The highest BCUT2D eigenvalue weighted by Gasteiger charge is 2.21. The first-order valence-corrected chi connectivity index (χ1v) is 8.99. The molecule has 1 saturated heterocycles. The molecule has 0 unspecified atom stereocenters. The highest BCUT2D eigenvalue weighted by atomic mass is 32.1. The molecule has 0 aromatic carbocycles. The fourth-order valence-corrected chi connectivity index (χ4v) is 3.37. The van der Waals surface area contributed by atoms with Crippen molar-refractivity contribution >= 4 is 23.1 Å². The number of hydrogen-bond donors (Lipinski definition) is 0. The largest absolute Gasteiger partial charge is 0.355 e. The lowest BCUT2D eigenvalue weighted by atomic mass is 10.2. The Labute approximate surface area is 141 Å². The summed E-state index contributed by atoms with van der Waals surface area (Å²) in [5, 5.41) is 3.87. The molecule has 0 spiro atoms. The Morgan fingerprint density at radius 2 is 2.09 bits per heavy atom. The zero-order valence-corrected chi connectivity index (χ0v) is 14.4. The van der Waals surface area contributed by atoms with E-state index in [1.165, 1.54) is 0 Å². The second-order valence-electron chi connectivity index (χ2n) is 6.07. The van der Waals surface area contributed by atoms with Gasteiger partial charge in [0.15, 0.2) is 0 Å². The first-order valence-electron chi connectivity index (χ1n) is 8.04. The van der Waals surface area contributed by atoms with Crippen molar-refractivity contribution in [2.75, 3.05) is 31.1 Å². The van der Waals surface area contributed by atoms with E-state index in [9.17, 15) is 4.79 Å². The topological polar surface area (TPSA) is 49.3 Å². The molecule has 6 heteroatoms. The van der Waals surface area contributed by atoms with Crippen molar-refractivity contribution in [3.8, 4) is 0 Å². The molecule has 0 atom stereocenters. The van der Waals surface area contributed by atoms with Gasteiger partial charge in [0.25, 0.3) is 5.91 Å². The molecule has 0 saturated carbocycles. The average molecular weight is 330 g/mol. The first-order chi connectivity index (χ1) is 11.1. The number of amides is 1. The first kappa shape index (κ1) is 15.9. The molecule has 2 aromatic rings. The fourth-order valence-electron chi connectivity index (χ4n) is 2.74. The zero-order valence-electron chi connectivity index (χ0n) is 13.6. The number of nitrogens with zero attached hydrogens (tertiary/aromatic N) is 4. The maximum Gasteiger partial charge on any atom is 0.254 e. The van der Waals surface area contributed by atoms with Crippen molar-refractivity contribution in [2.24, 2.45) is 0 Å². The van der Waals surface area contributed by atoms with Crippen molar-refractivity contribution in [3.05, 3.63) is 40.5 Å². The van der Waals surface area contributed by atoms with Crippen molar-refractivity contribution < 1.29 is 4.79 Å². The molecule has 0 bridgehead atoms. The third kappa shape index (κ3) is 3.69. The molecular weight excluding hydrogens is 308 g/mol. The Kier molecular flexibility index (Phi) is 4.91. The number of rotatable bonds is 3. The van der Waals surface area contributed by atoms with Crippen LogP contribution in [0.4, 0.5) is 5.82 Å². The van der Waals surface area contributed by atoms with Crippen LogP contribution in [0.15, 0.2) is 29.1 Å². The van der Waals surface area contributed by atoms with Gasteiger partial charge < -0.3 is 9.80 Å². The van der Waals surface area contributed by atoms with Gasteiger partial charge in [0, 0.05) is 43.7 Å². The van der Waals surface area contributed by atoms with E-state index in [2.05, 4.69) is 28.7 Å². The molecule has 2 aromatic heterocycles. The summed E-state index contributed by atoms with van der Waals surface area (Å²) in [7, 11) is 0. The minimum absolute atomic E-state index is 0.138. The molecular formula is C17H22N4OS. The van der Waals surface area contributed by atoms with E-state index in [1.54, 1.807) is 11.3 Å². The highest BCUT2D eigenvalue weighted by Crippen LogP contribution is 2.18. The van der Waals surface area contributed by atoms with E-state index in [4.69, 9.17) is 0 Å². The van der Waals surface area contributed by atoms with Crippen LogP contribution in [0.3, 0.4) is 0 Å². The van der Waals surface area contributed by atoms with E-state index in [0.717, 1.165) is 49.8 Å². The lowest BCUT2D eigenvalue weighted by Gasteiger charge is -2.23. The van der Waals surface area contributed by atoms with Crippen LogP contribution in [0.5, 0.6) is 0 Å². The van der Waals surface area contributed by atoms with Crippen molar-refractivity contribution in [1.29, 1.82) is 0 Å².